The molecule has 1 N–H and O–H groups in total. The minimum absolute atomic E-state index is 0.0919. The first-order chi connectivity index (χ1) is 10.1. The van der Waals surface area contributed by atoms with Crippen LogP contribution in [0.1, 0.15) is 30.5 Å². The van der Waals surface area contributed by atoms with E-state index < -0.39 is 23.5 Å². The van der Waals surface area contributed by atoms with Gasteiger partial charge >= 0.3 is 0 Å². The Morgan fingerprint density at radius 1 is 1.05 bits per heavy atom. The van der Waals surface area contributed by atoms with Crippen molar-refractivity contribution >= 4 is 15.9 Å². The molecule has 0 saturated carbocycles. The monoisotopic (exact) mass is 357 g/mol. The van der Waals surface area contributed by atoms with Crippen molar-refractivity contribution in [3.63, 3.8) is 0 Å². The minimum atomic E-state index is -0.957. The molecule has 5 heteroatoms. The van der Waals surface area contributed by atoms with Crippen molar-refractivity contribution in [1.82, 2.24) is 5.32 Å². The van der Waals surface area contributed by atoms with E-state index in [1.165, 1.54) is 18.2 Å². The van der Waals surface area contributed by atoms with Gasteiger partial charge in [0.25, 0.3) is 0 Å². The van der Waals surface area contributed by atoms with Gasteiger partial charge in [-0.05, 0) is 31.2 Å². The fourth-order valence-electron chi connectivity index (χ4n) is 2.19. The standard InChI is InChI=1S/C16H15BrF3N/c1-2-9-21-16(10-5-3-8-13(19)15(10)20)14-11(17)6-4-7-12(14)18/h3-8,16,21H,2,9H2,1H3. The summed E-state index contributed by atoms with van der Waals surface area (Å²) in [5, 5.41) is 3.08. The van der Waals surface area contributed by atoms with E-state index in [4.69, 9.17) is 0 Å². The predicted molar refractivity (Wildman–Crippen MR) is 80.6 cm³/mol. The average molecular weight is 358 g/mol. The second kappa shape index (κ2) is 7.09. The maximum absolute atomic E-state index is 14.2. The van der Waals surface area contributed by atoms with E-state index in [1.807, 2.05) is 6.92 Å². The van der Waals surface area contributed by atoms with Crippen LogP contribution in [0.15, 0.2) is 40.9 Å². The minimum Gasteiger partial charge on any atom is -0.306 e. The summed E-state index contributed by atoms with van der Waals surface area (Å²) >= 11 is 3.28. The number of benzene rings is 2. The average Bonchev–Trinajstić information content (AvgIpc) is 2.45. The van der Waals surface area contributed by atoms with Crippen molar-refractivity contribution in [2.75, 3.05) is 6.54 Å². The molecule has 0 aromatic heterocycles. The van der Waals surface area contributed by atoms with Gasteiger partial charge in [0.15, 0.2) is 11.6 Å². The van der Waals surface area contributed by atoms with E-state index in [2.05, 4.69) is 21.2 Å². The van der Waals surface area contributed by atoms with Gasteiger partial charge in [0.2, 0.25) is 0 Å². The van der Waals surface area contributed by atoms with Gasteiger partial charge in [-0.3, -0.25) is 0 Å². The first-order valence-corrected chi connectivity index (χ1v) is 7.46. The van der Waals surface area contributed by atoms with Crippen molar-refractivity contribution in [2.24, 2.45) is 0 Å². The summed E-state index contributed by atoms with van der Waals surface area (Å²) in [6, 6.07) is 7.71. The molecule has 2 aromatic rings. The van der Waals surface area contributed by atoms with Crippen LogP contribution in [0.3, 0.4) is 0 Å². The zero-order valence-electron chi connectivity index (χ0n) is 11.5. The fourth-order valence-corrected chi connectivity index (χ4v) is 2.76. The zero-order valence-corrected chi connectivity index (χ0v) is 13.1. The van der Waals surface area contributed by atoms with Crippen molar-refractivity contribution in [1.29, 1.82) is 0 Å². The second-order valence-electron chi connectivity index (χ2n) is 4.67. The topological polar surface area (TPSA) is 12.0 Å². The number of halogens is 4. The van der Waals surface area contributed by atoms with Gasteiger partial charge in [0, 0.05) is 15.6 Å². The largest absolute Gasteiger partial charge is 0.306 e. The molecular formula is C16H15BrF3N. The van der Waals surface area contributed by atoms with Crippen LogP contribution in [-0.2, 0) is 0 Å². The Kier molecular flexibility index (Phi) is 5.42. The molecule has 0 aliphatic heterocycles. The molecule has 2 aromatic carbocycles. The van der Waals surface area contributed by atoms with Crippen LogP contribution in [-0.4, -0.2) is 6.54 Å². The van der Waals surface area contributed by atoms with E-state index in [0.29, 0.717) is 11.0 Å². The van der Waals surface area contributed by atoms with Crippen molar-refractivity contribution in [3.8, 4) is 0 Å². The van der Waals surface area contributed by atoms with E-state index in [9.17, 15) is 13.2 Å². The summed E-state index contributed by atoms with van der Waals surface area (Å²) in [6.45, 7) is 2.50. The third-order valence-corrected chi connectivity index (χ3v) is 3.87. The maximum Gasteiger partial charge on any atom is 0.163 e. The molecule has 1 atom stereocenters. The Bertz CT molecular complexity index is 611. The van der Waals surface area contributed by atoms with Crippen LogP contribution in [0.5, 0.6) is 0 Å². The Balaban J connectivity index is 2.55. The highest BCUT2D eigenvalue weighted by molar-refractivity contribution is 9.10. The van der Waals surface area contributed by atoms with Gasteiger partial charge in [-0.1, -0.05) is 41.1 Å². The summed E-state index contributed by atoms with van der Waals surface area (Å²) < 4.78 is 42.2. The summed E-state index contributed by atoms with van der Waals surface area (Å²) in [5.41, 5.74) is 0.365. The Hall–Kier alpha value is -1.33. The Labute approximate surface area is 130 Å². The molecule has 21 heavy (non-hydrogen) atoms. The molecule has 1 nitrogen and oxygen atoms in total. The SMILES string of the molecule is CCCNC(c1cccc(F)c1F)c1c(F)cccc1Br. The van der Waals surface area contributed by atoms with Crippen LogP contribution < -0.4 is 5.32 Å². The summed E-state index contributed by atoms with van der Waals surface area (Å²) in [5.74, 6) is -2.37. The molecule has 0 amide bonds. The van der Waals surface area contributed by atoms with E-state index >= 15 is 0 Å². The lowest BCUT2D eigenvalue weighted by Crippen LogP contribution is -2.25. The maximum atomic E-state index is 14.2. The molecule has 112 valence electrons. The lowest BCUT2D eigenvalue weighted by Gasteiger charge is -2.22. The van der Waals surface area contributed by atoms with E-state index in [-0.39, 0.29) is 11.1 Å². The number of nitrogens with one attached hydrogen (secondary N) is 1. The lowest BCUT2D eigenvalue weighted by molar-refractivity contribution is 0.473. The van der Waals surface area contributed by atoms with Gasteiger partial charge in [-0.2, -0.15) is 0 Å². The van der Waals surface area contributed by atoms with Crippen molar-refractivity contribution in [3.05, 3.63) is 69.4 Å². The van der Waals surface area contributed by atoms with Gasteiger partial charge in [0.1, 0.15) is 5.82 Å². The molecular weight excluding hydrogens is 343 g/mol. The van der Waals surface area contributed by atoms with Crippen LogP contribution in [0, 0.1) is 17.5 Å². The number of hydrogen-bond acceptors (Lipinski definition) is 1. The first kappa shape index (κ1) is 16.0. The van der Waals surface area contributed by atoms with Gasteiger partial charge in [-0.25, -0.2) is 13.2 Å². The smallest absolute Gasteiger partial charge is 0.163 e. The van der Waals surface area contributed by atoms with Gasteiger partial charge < -0.3 is 5.32 Å². The van der Waals surface area contributed by atoms with Crippen LogP contribution in [0.4, 0.5) is 13.2 Å². The third kappa shape index (κ3) is 3.47. The van der Waals surface area contributed by atoms with E-state index in [1.54, 1.807) is 12.1 Å². The van der Waals surface area contributed by atoms with Crippen LogP contribution in [0.2, 0.25) is 0 Å². The first-order valence-electron chi connectivity index (χ1n) is 6.67. The molecule has 2 rings (SSSR count). The molecule has 0 aliphatic carbocycles. The summed E-state index contributed by atoms with van der Waals surface area (Å²) in [7, 11) is 0. The highest BCUT2D eigenvalue weighted by Crippen LogP contribution is 2.32. The highest BCUT2D eigenvalue weighted by atomic mass is 79.9. The van der Waals surface area contributed by atoms with Gasteiger partial charge in [-0.15, -0.1) is 0 Å². The lowest BCUT2D eigenvalue weighted by atomic mass is 9.97. The normalized spacial score (nSPS) is 12.4. The fraction of sp³-hybridized carbons (Fsp3) is 0.250. The zero-order chi connectivity index (χ0) is 15.4. The van der Waals surface area contributed by atoms with Crippen molar-refractivity contribution < 1.29 is 13.2 Å². The Morgan fingerprint density at radius 2 is 1.71 bits per heavy atom. The molecule has 0 radical (unpaired) electrons. The molecule has 0 heterocycles. The molecule has 1 unspecified atom stereocenters. The predicted octanol–water partition coefficient (Wildman–Crippen LogP) is 4.96. The molecule has 0 fully saturated rings. The van der Waals surface area contributed by atoms with E-state index in [0.717, 1.165) is 12.5 Å². The number of hydrogen-bond donors (Lipinski definition) is 1. The van der Waals surface area contributed by atoms with Crippen molar-refractivity contribution in [2.45, 2.75) is 19.4 Å². The highest BCUT2D eigenvalue weighted by Gasteiger charge is 2.24. The summed E-state index contributed by atoms with van der Waals surface area (Å²) in [4.78, 5) is 0. The summed E-state index contributed by atoms with van der Waals surface area (Å²) in [6.07, 6.45) is 0.791. The molecule has 0 aliphatic rings. The quantitative estimate of drug-likeness (QED) is 0.797. The second-order valence-corrected chi connectivity index (χ2v) is 5.52. The third-order valence-electron chi connectivity index (χ3n) is 3.18. The molecule has 0 saturated heterocycles. The van der Waals surface area contributed by atoms with Crippen LogP contribution in [0.25, 0.3) is 0 Å². The number of rotatable bonds is 5. The Morgan fingerprint density at radius 3 is 2.38 bits per heavy atom. The van der Waals surface area contributed by atoms with Gasteiger partial charge in [0.05, 0.1) is 6.04 Å². The molecule has 0 spiro atoms. The molecule has 0 bridgehead atoms. The van der Waals surface area contributed by atoms with Crippen LogP contribution >= 0.6 is 15.9 Å².